The van der Waals surface area contributed by atoms with Crippen LogP contribution in [0, 0.1) is 0 Å². The van der Waals surface area contributed by atoms with Gasteiger partial charge < -0.3 is 14.7 Å². The molecule has 1 atom stereocenters. The van der Waals surface area contributed by atoms with Crippen molar-refractivity contribution in [3.8, 4) is 0 Å². The molecular weight excluding hydrogens is 274 g/mol. The van der Waals surface area contributed by atoms with Crippen LogP contribution in [-0.4, -0.2) is 57.5 Å². The van der Waals surface area contributed by atoms with Gasteiger partial charge in [0.05, 0.1) is 25.7 Å². The fourth-order valence-electron chi connectivity index (χ4n) is 2.57. The van der Waals surface area contributed by atoms with Crippen molar-refractivity contribution in [2.75, 3.05) is 19.8 Å². The quantitative estimate of drug-likeness (QED) is 0.890. The molecule has 0 saturated carbocycles. The minimum absolute atomic E-state index is 0.115. The number of ether oxygens (including phenoxy) is 1. The molecule has 116 valence electrons. The van der Waals surface area contributed by atoms with Crippen molar-refractivity contribution >= 4 is 11.9 Å². The molecule has 1 N–H and O–H groups in total. The van der Waals surface area contributed by atoms with E-state index in [1.807, 2.05) is 13.8 Å². The van der Waals surface area contributed by atoms with Gasteiger partial charge in [0.2, 0.25) is 0 Å². The Morgan fingerprint density at radius 3 is 2.81 bits per heavy atom. The number of aryl methyl sites for hydroxylation is 1. The van der Waals surface area contributed by atoms with Crippen molar-refractivity contribution in [3.63, 3.8) is 0 Å². The Balaban J connectivity index is 2.20. The molecule has 1 saturated heterocycles. The van der Waals surface area contributed by atoms with Crippen LogP contribution in [0.1, 0.15) is 42.4 Å². The Morgan fingerprint density at radius 2 is 2.24 bits per heavy atom. The van der Waals surface area contributed by atoms with E-state index in [0.717, 1.165) is 5.69 Å². The third-order valence-corrected chi connectivity index (χ3v) is 3.63. The standard InChI is InChI=1S/C14H21N3O4/c1-9(2)12-7-11(15-16(12)3)14(20)17-4-5-21-8-10(17)6-13(18)19/h7,9-10H,4-6,8H2,1-3H3,(H,18,19). The lowest BCUT2D eigenvalue weighted by Gasteiger charge is -2.34. The van der Waals surface area contributed by atoms with Crippen molar-refractivity contribution in [2.24, 2.45) is 7.05 Å². The van der Waals surface area contributed by atoms with E-state index in [1.165, 1.54) is 0 Å². The van der Waals surface area contributed by atoms with E-state index in [1.54, 1.807) is 22.7 Å². The largest absolute Gasteiger partial charge is 0.481 e. The Morgan fingerprint density at radius 1 is 1.52 bits per heavy atom. The Hall–Kier alpha value is -1.89. The van der Waals surface area contributed by atoms with Crippen LogP contribution < -0.4 is 0 Å². The van der Waals surface area contributed by atoms with Crippen LogP contribution in [0.4, 0.5) is 0 Å². The van der Waals surface area contributed by atoms with E-state index in [2.05, 4.69) is 5.10 Å². The summed E-state index contributed by atoms with van der Waals surface area (Å²) in [4.78, 5) is 25.0. The van der Waals surface area contributed by atoms with Crippen LogP contribution in [0.5, 0.6) is 0 Å². The van der Waals surface area contributed by atoms with Gasteiger partial charge in [-0.15, -0.1) is 0 Å². The number of nitrogens with zero attached hydrogens (tertiary/aromatic N) is 3. The predicted octanol–water partition coefficient (Wildman–Crippen LogP) is 0.859. The van der Waals surface area contributed by atoms with Gasteiger partial charge in [0.15, 0.2) is 5.69 Å². The molecule has 1 fully saturated rings. The molecular formula is C14H21N3O4. The van der Waals surface area contributed by atoms with Gasteiger partial charge >= 0.3 is 5.97 Å². The number of amides is 1. The summed E-state index contributed by atoms with van der Waals surface area (Å²) in [5.41, 5.74) is 1.33. The summed E-state index contributed by atoms with van der Waals surface area (Å²) in [6, 6.07) is 1.34. The van der Waals surface area contributed by atoms with Gasteiger partial charge in [-0.1, -0.05) is 13.8 Å². The molecule has 0 aliphatic carbocycles. The van der Waals surface area contributed by atoms with Crippen molar-refractivity contribution in [1.82, 2.24) is 14.7 Å². The summed E-state index contributed by atoms with van der Waals surface area (Å²) < 4.78 is 6.98. The number of morpholine rings is 1. The topological polar surface area (TPSA) is 84.7 Å². The molecule has 0 spiro atoms. The maximum absolute atomic E-state index is 12.6. The molecule has 1 aliphatic heterocycles. The zero-order chi connectivity index (χ0) is 15.6. The summed E-state index contributed by atoms with van der Waals surface area (Å²) in [5, 5.41) is 13.2. The monoisotopic (exact) mass is 295 g/mol. The van der Waals surface area contributed by atoms with E-state index >= 15 is 0 Å². The number of carbonyl (C=O) groups is 2. The fraction of sp³-hybridized carbons (Fsp3) is 0.643. The third kappa shape index (κ3) is 3.41. The number of carboxylic acids is 1. The van der Waals surface area contributed by atoms with E-state index in [4.69, 9.17) is 9.84 Å². The second-order valence-corrected chi connectivity index (χ2v) is 5.56. The number of carboxylic acid groups (broad SMARTS) is 1. The van der Waals surface area contributed by atoms with Crippen molar-refractivity contribution in [1.29, 1.82) is 0 Å². The molecule has 0 radical (unpaired) electrons. The second-order valence-electron chi connectivity index (χ2n) is 5.56. The first-order chi connectivity index (χ1) is 9.90. The van der Waals surface area contributed by atoms with Gasteiger partial charge in [-0.2, -0.15) is 5.10 Å². The maximum atomic E-state index is 12.6. The van der Waals surface area contributed by atoms with E-state index in [0.29, 0.717) is 18.8 Å². The van der Waals surface area contributed by atoms with Gasteiger partial charge in [0.1, 0.15) is 0 Å². The predicted molar refractivity (Wildman–Crippen MR) is 75.2 cm³/mol. The highest BCUT2D eigenvalue weighted by molar-refractivity contribution is 5.93. The van der Waals surface area contributed by atoms with Gasteiger partial charge in [-0.25, -0.2) is 0 Å². The molecule has 2 rings (SSSR count). The molecule has 7 heteroatoms. The van der Waals surface area contributed by atoms with Crippen LogP contribution >= 0.6 is 0 Å². The normalized spacial score (nSPS) is 19.0. The molecule has 1 aliphatic rings. The SMILES string of the molecule is CC(C)c1cc(C(=O)N2CCOCC2CC(=O)O)nn1C. The van der Waals surface area contributed by atoms with Gasteiger partial charge in [-0.3, -0.25) is 14.3 Å². The van der Waals surface area contributed by atoms with Crippen molar-refractivity contribution in [3.05, 3.63) is 17.5 Å². The minimum atomic E-state index is -0.938. The molecule has 1 amide bonds. The summed E-state index contributed by atoms with van der Waals surface area (Å²) >= 11 is 0. The second kappa shape index (κ2) is 6.26. The Kier molecular flexibility index (Phi) is 4.62. The Labute approximate surface area is 123 Å². The zero-order valence-electron chi connectivity index (χ0n) is 12.6. The Bertz CT molecular complexity index is 538. The number of hydrogen-bond donors (Lipinski definition) is 1. The number of rotatable bonds is 4. The summed E-state index contributed by atoms with van der Waals surface area (Å²) in [7, 11) is 1.81. The number of hydrogen-bond acceptors (Lipinski definition) is 4. The molecule has 21 heavy (non-hydrogen) atoms. The van der Waals surface area contributed by atoms with Crippen LogP contribution in [-0.2, 0) is 16.6 Å². The summed E-state index contributed by atoms with van der Waals surface area (Å²) in [6.07, 6.45) is -0.115. The average Bonchev–Trinajstić information content (AvgIpc) is 2.80. The molecule has 2 heterocycles. The highest BCUT2D eigenvalue weighted by Gasteiger charge is 2.31. The van der Waals surface area contributed by atoms with E-state index in [-0.39, 0.29) is 24.9 Å². The van der Waals surface area contributed by atoms with Crippen LogP contribution in [0.2, 0.25) is 0 Å². The molecule has 1 aromatic rings. The minimum Gasteiger partial charge on any atom is -0.481 e. The first kappa shape index (κ1) is 15.5. The smallest absolute Gasteiger partial charge is 0.305 e. The lowest BCUT2D eigenvalue weighted by Crippen LogP contribution is -2.49. The zero-order valence-corrected chi connectivity index (χ0v) is 12.6. The average molecular weight is 295 g/mol. The van der Waals surface area contributed by atoms with Gasteiger partial charge in [-0.05, 0) is 12.0 Å². The van der Waals surface area contributed by atoms with Crippen molar-refractivity contribution in [2.45, 2.75) is 32.2 Å². The van der Waals surface area contributed by atoms with Crippen LogP contribution in [0.25, 0.3) is 0 Å². The summed E-state index contributed by atoms with van der Waals surface area (Å²) in [5.74, 6) is -0.900. The first-order valence-electron chi connectivity index (χ1n) is 7.04. The first-order valence-corrected chi connectivity index (χ1v) is 7.04. The number of aliphatic carboxylic acids is 1. The third-order valence-electron chi connectivity index (χ3n) is 3.63. The lowest BCUT2D eigenvalue weighted by molar-refractivity contribution is -0.139. The molecule has 7 nitrogen and oxygen atoms in total. The van der Waals surface area contributed by atoms with Gasteiger partial charge in [0.25, 0.3) is 5.91 Å². The lowest BCUT2D eigenvalue weighted by atomic mass is 10.1. The highest BCUT2D eigenvalue weighted by Crippen LogP contribution is 2.18. The van der Waals surface area contributed by atoms with Crippen LogP contribution in [0.15, 0.2) is 6.07 Å². The molecule has 1 unspecified atom stereocenters. The molecule has 0 bridgehead atoms. The molecule has 1 aromatic heterocycles. The van der Waals surface area contributed by atoms with Crippen LogP contribution in [0.3, 0.4) is 0 Å². The maximum Gasteiger partial charge on any atom is 0.305 e. The fourth-order valence-corrected chi connectivity index (χ4v) is 2.57. The van der Waals surface area contributed by atoms with Crippen molar-refractivity contribution < 1.29 is 19.4 Å². The highest BCUT2D eigenvalue weighted by atomic mass is 16.5. The number of aromatic nitrogens is 2. The van der Waals surface area contributed by atoms with E-state index in [9.17, 15) is 9.59 Å². The van der Waals surface area contributed by atoms with Gasteiger partial charge in [0, 0.05) is 19.3 Å². The summed E-state index contributed by atoms with van der Waals surface area (Å²) in [6.45, 7) is 5.14. The molecule has 0 aromatic carbocycles. The number of carbonyl (C=O) groups excluding carboxylic acids is 1. The van der Waals surface area contributed by atoms with E-state index < -0.39 is 12.0 Å².